The van der Waals surface area contributed by atoms with E-state index < -0.39 is 16.6 Å². The van der Waals surface area contributed by atoms with E-state index in [4.69, 9.17) is 21.2 Å². The second kappa shape index (κ2) is 9.28. The van der Waals surface area contributed by atoms with E-state index in [2.05, 4.69) is 56.3 Å². The number of ether oxygens (including phenoxy) is 1. The van der Waals surface area contributed by atoms with E-state index in [9.17, 15) is 4.79 Å². The summed E-state index contributed by atoms with van der Waals surface area (Å²) in [5.74, 6) is 1.82. The van der Waals surface area contributed by atoms with Gasteiger partial charge in [-0.25, -0.2) is 0 Å². The fraction of sp³-hybridized carbons (Fsp3) is 0.842. The van der Waals surface area contributed by atoms with Crippen LogP contribution in [0.3, 0.4) is 0 Å². The van der Waals surface area contributed by atoms with Crippen LogP contribution in [0.25, 0.3) is 0 Å². The van der Waals surface area contributed by atoms with Crippen LogP contribution >= 0.6 is 0 Å². The molecular weight excluding hydrogens is 373 g/mol. The number of carbonyl (C=O) groups excluding carboxylic acids is 1. The first-order valence-electron chi connectivity index (χ1n) is 10.0. The zero-order chi connectivity index (χ0) is 20.2. The van der Waals surface area contributed by atoms with Crippen LogP contribution in [0.1, 0.15) is 19.3 Å². The molecule has 5 nitrogen and oxygen atoms in total. The Bertz CT molecular complexity index is 559. The number of carbonyl (C=O) groups is 1. The third kappa shape index (κ3) is 7.07. The van der Waals surface area contributed by atoms with E-state index in [0.717, 1.165) is 12.3 Å². The molecule has 1 radical (unpaired) electrons. The second-order valence-electron chi connectivity index (χ2n) is 9.77. The molecule has 1 saturated carbocycles. The van der Waals surface area contributed by atoms with Crippen molar-refractivity contribution in [3.63, 3.8) is 0 Å². The molecule has 0 aromatic rings. The Labute approximate surface area is 167 Å². The van der Waals surface area contributed by atoms with Crippen molar-refractivity contribution < 1.29 is 18.4 Å². The third-order valence-electron chi connectivity index (χ3n) is 5.19. The fourth-order valence-corrected chi connectivity index (χ4v) is 5.74. The van der Waals surface area contributed by atoms with Crippen molar-refractivity contribution in [3.05, 3.63) is 12.2 Å². The van der Waals surface area contributed by atoms with Crippen molar-refractivity contribution in [2.24, 2.45) is 28.6 Å². The molecule has 0 aromatic carbocycles. The number of nitrogens with zero attached hydrogens (tertiary/aromatic N) is 1. The number of hydrogen-bond acceptors (Lipinski definition) is 5. The van der Waals surface area contributed by atoms with Gasteiger partial charge in [-0.1, -0.05) is 12.2 Å². The van der Waals surface area contributed by atoms with E-state index in [1.807, 2.05) is 0 Å². The van der Waals surface area contributed by atoms with Gasteiger partial charge in [0.05, 0.1) is 18.6 Å². The van der Waals surface area contributed by atoms with Gasteiger partial charge in [0.2, 0.25) is 0 Å². The van der Waals surface area contributed by atoms with E-state index in [1.165, 1.54) is 12.8 Å². The molecule has 27 heavy (non-hydrogen) atoms. The maximum absolute atomic E-state index is 12.0. The Morgan fingerprint density at radius 1 is 1.19 bits per heavy atom. The monoisotopic (exact) mass is 408 g/mol. The van der Waals surface area contributed by atoms with Crippen LogP contribution in [-0.2, 0) is 18.4 Å². The van der Waals surface area contributed by atoms with Gasteiger partial charge in [0.25, 0.3) is 0 Å². The summed E-state index contributed by atoms with van der Waals surface area (Å²) in [6.45, 7) is 13.8. The number of fused-ring (bicyclic) bond motifs is 2. The maximum atomic E-state index is 12.0. The van der Waals surface area contributed by atoms with Crippen molar-refractivity contribution in [3.8, 4) is 0 Å². The van der Waals surface area contributed by atoms with Gasteiger partial charge in [-0.05, 0) is 56.7 Å². The first-order chi connectivity index (χ1) is 12.5. The Kier molecular flexibility index (Phi) is 7.81. The van der Waals surface area contributed by atoms with Crippen LogP contribution in [0.4, 0.5) is 0 Å². The second-order valence-corrected chi connectivity index (χ2v) is 18.7. The van der Waals surface area contributed by atoms with Crippen molar-refractivity contribution >= 4 is 30.2 Å². The zero-order valence-electron chi connectivity index (χ0n) is 17.7. The topological polar surface area (TPSA) is 57.1 Å². The van der Waals surface area contributed by atoms with Gasteiger partial charge in [0, 0.05) is 0 Å². The van der Waals surface area contributed by atoms with Gasteiger partial charge in [-0.2, -0.15) is 0 Å². The molecule has 2 aliphatic carbocycles. The molecule has 2 fully saturated rings. The molecule has 0 N–H and O–H groups in total. The summed E-state index contributed by atoms with van der Waals surface area (Å²) in [4.78, 5) is 15.3. The molecular formula is C19H35BNO4Si2. The van der Waals surface area contributed by atoms with Gasteiger partial charge >= 0.3 is 57.6 Å². The molecule has 2 bridgehead atoms. The van der Waals surface area contributed by atoms with Gasteiger partial charge in [0.15, 0.2) is 8.32 Å². The van der Waals surface area contributed by atoms with Crippen LogP contribution in [0.2, 0.25) is 39.3 Å². The number of cyclic esters (lactones) is 1. The average molecular weight is 408 g/mol. The summed E-state index contributed by atoms with van der Waals surface area (Å²) in [7, 11) is 1.86. The van der Waals surface area contributed by atoms with E-state index >= 15 is 0 Å². The summed E-state index contributed by atoms with van der Waals surface area (Å²) in [5, 5.41) is 0. The van der Waals surface area contributed by atoms with Gasteiger partial charge in [-0.15, -0.1) is 0 Å². The first-order valence-corrected chi connectivity index (χ1v) is 16.9. The van der Waals surface area contributed by atoms with Crippen LogP contribution in [0, 0.1) is 23.7 Å². The van der Waals surface area contributed by atoms with Crippen LogP contribution in [-0.4, -0.2) is 49.7 Å². The normalized spacial score (nSPS) is 30.6. The predicted molar refractivity (Wildman–Crippen MR) is 114 cm³/mol. The van der Waals surface area contributed by atoms with Gasteiger partial charge in [-0.3, -0.25) is 4.79 Å². The molecule has 151 valence electrons. The minimum atomic E-state index is -1.64. The Morgan fingerprint density at radius 2 is 1.89 bits per heavy atom. The van der Waals surface area contributed by atoms with E-state index in [1.54, 1.807) is 0 Å². The molecule has 8 heteroatoms. The molecule has 3 rings (SSSR count). The first kappa shape index (κ1) is 22.7. The summed E-state index contributed by atoms with van der Waals surface area (Å²) in [6.07, 6.45) is 8.07. The Morgan fingerprint density at radius 3 is 2.26 bits per heavy atom. The average Bonchev–Trinajstić information content (AvgIpc) is 3.26. The summed E-state index contributed by atoms with van der Waals surface area (Å²) < 4.78 is 16.8. The predicted octanol–water partition coefficient (Wildman–Crippen LogP) is 4.13. The van der Waals surface area contributed by atoms with Crippen molar-refractivity contribution in [1.82, 2.24) is 0 Å². The Hall–Kier alpha value is -0.571. The van der Waals surface area contributed by atoms with Crippen LogP contribution < -0.4 is 0 Å². The molecule has 1 heterocycles. The molecule has 1 saturated heterocycles. The number of hydrogen-bond donors (Lipinski definition) is 0. The van der Waals surface area contributed by atoms with Crippen LogP contribution in [0.15, 0.2) is 17.0 Å². The molecule has 1 aliphatic heterocycles. The molecule has 5 unspecified atom stereocenters. The molecule has 0 amide bonds. The summed E-state index contributed by atoms with van der Waals surface area (Å²) in [5.41, 5.74) is 0. The number of allylic oxidation sites excluding steroid dienone is 2. The van der Waals surface area contributed by atoms with E-state index in [0.29, 0.717) is 25.2 Å². The van der Waals surface area contributed by atoms with Crippen molar-refractivity contribution in [1.29, 1.82) is 0 Å². The fourth-order valence-electron chi connectivity index (χ4n) is 4.12. The molecule has 3 aliphatic rings. The quantitative estimate of drug-likeness (QED) is 0.361. The van der Waals surface area contributed by atoms with Crippen molar-refractivity contribution in [2.75, 3.05) is 13.3 Å². The number of esters is 1. The van der Waals surface area contributed by atoms with E-state index in [-0.39, 0.29) is 18.0 Å². The SMILES string of the molecule is C[Si](C)(C)OC(C1CCOC1=O)C1CC2C=CC1C2.[B]=NCO[Si](C)(C)C. The molecule has 0 spiro atoms. The van der Waals surface area contributed by atoms with Crippen molar-refractivity contribution in [2.45, 2.75) is 64.6 Å². The number of rotatable bonds is 7. The standard InChI is InChI=1S/C15H24O3Si.C4H11BNOSi/c1-19(2,3)18-14(12-6-7-17-15(12)16)13-9-10-4-5-11(13)8-10;1-8(2,3)7-4-6-5/h4-5,10-14H,6-9H2,1-3H3;4H2,1-3H3. The summed E-state index contributed by atoms with van der Waals surface area (Å²) >= 11 is 0. The molecule has 5 atom stereocenters. The zero-order valence-corrected chi connectivity index (χ0v) is 19.7. The van der Waals surface area contributed by atoms with Gasteiger partial charge < -0.3 is 9.16 Å². The van der Waals surface area contributed by atoms with Crippen LogP contribution in [0.5, 0.6) is 0 Å². The molecule has 0 aromatic heterocycles. The third-order valence-corrected chi connectivity index (χ3v) is 7.16. The Balaban J connectivity index is 0.000000279. The van der Waals surface area contributed by atoms with Gasteiger partial charge in [0.1, 0.15) is 0 Å². The minimum absolute atomic E-state index is 0.0236. The summed E-state index contributed by atoms with van der Waals surface area (Å²) in [6, 6.07) is 0.